The molecule has 0 radical (unpaired) electrons. The minimum Gasteiger partial charge on any atom is -0.381 e. The summed E-state index contributed by atoms with van der Waals surface area (Å²) in [6.45, 7) is 5.70. The number of nitrogens with zero attached hydrogens (tertiary/aromatic N) is 2. The van der Waals surface area contributed by atoms with Gasteiger partial charge in [0, 0.05) is 44.6 Å². The Bertz CT molecular complexity index is 492. The topological polar surface area (TPSA) is 58.5 Å². The monoisotopic (exact) mass is 366 g/mol. The molecule has 0 aliphatic heterocycles. The molecular formula is C19H34N4OS. The summed E-state index contributed by atoms with van der Waals surface area (Å²) in [4.78, 5) is 10.6. The number of fused-ring (bicyclic) bond motifs is 1. The lowest BCUT2D eigenvalue weighted by Gasteiger charge is -2.11. The second-order valence-electron chi connectivity index (χ2n) is 6.53. The van der Waals surface area contributed by atoms with Crippen LogP contribution in [0.15, 0.2) is 4.99 Å². The van der Waals surface area contributed by atoms with Crippen molar-refractivity contribution in [2.45, 2.75) is 64.7 Å². The molecular weight excluding hydrogens is 332 g/mol. The maximum Gasteiger partial charge on any atom is 0.190 e. The van der Waals surface area contributed by atoms with Crippen LogP contribution in [0.5, 0.6) is 0 Å². The van der Waals surface area contributed by atoms with Crippen molar-refractivity contribution in [3.05, 3.63) is 15.6 Å². The molecule has 142 valence electrons. The Morgan fingerprint density at radius 3 is 2.64 bits per heavy atom. The number of guanidine groups is 1. The third-order valence-electron chi connectivity index (χ3n) is 4.37. The van der Waals surface area contributed by atoms with Crippen molar-refractivity contribution in [2.24, 2.45) is 4.99 Å². The molecule has 25 heavy (non-hydrogen) atoms. The molecule has 1 aromatic rings. The molecule has 2 N–H and O–H groups in total. The average molecular weight is 367 g/mol. The summed E-state index contributed by atoms with van der Waals surface area (Å²) >= 11 is 1.93. The molecule has 0 amide bonds. The van der Waals surface area contributed by atoms with Gasteiger partial charge in [0.2, 0.25) is 0 Å². The van der Waals surface area contributed by atoms with Gasteiger partial charge in [-0.25, -0.2) is 4.98 Å². The van der Waals surface area contributed by atoms with Crippen molar-refractivity contribution in [3.8, 4) is 0 Å². The van der Waals surface area contributed by atoms with E-state index in [2.05, 4.69) is 22.5 Å². The Hall–Kier alpha value is -1.14. The third kappa shape index (κ3) is 7.74. The molecule has 1 aliphatic carbocycles. The molecule has 0 bridgehead atoms. The van der Waals surface area contributed by atoms with Crippen LogP contribution in [0.25, 0.3) is 0 Å². The highest BCUT2D eigenvalue weighted by molar-refractivity contribution is 7.11. The fourth-order valence-electron chi connectivity index (χ4n) is 2.91. The van der Waals surface area contributed by atoms with Gasteiger partial charge in [-0.05, 0) is 44.9 Å². The van der Waals surface area contributed by atoms with E-state index in [9.17, 15) is 0 Å². The lowest BCUT2D eigenvalue weighted by Crippen LogP contribution is -2.38. The summed E-state index contributed by atoms with van der Waals surface area (Å²) in [5.41, 5.74) is 1.37. The molecule has 2 rings (SSSR count). The summed E-state index contributed by atoms with van der Waals surface area (Å²) < 4.78 is 5.57. The van der Waals surface area contributed by atoms with Crippen molar-refractivity contribution in [2.75, 3.05) is 33.4 Å². The molecule has 0 unspecified atom stereocenters. The third-order valence-corrected chi connectivity index (χ3v) is 5.59. The number of thiazole rings is 1. The Morgan fingerprint density at radius 2 is 1.88 bits per heavy atom. The zero-order valence-electron chi connectivity index (χ0n) is 15.9. The van der Waals surface area contributed by atoms with Crippen molar-refractivity contribution >= 4 is 17.3 Å². The van der Waals surface area contributed by atoms with E-state index in [1.54, 1.807) is 0 Å². The maximum absolute atomic E-state index is 5.57. The number of aromatic nitrogens is 1. The summed E-state index contributed by atoms with van der Waals surface area (Å²) in [6.07, 6.45) is 10.6. The van der Waals surface area contributed by atoms with Crippen LogP contribution < -0.4 is 10.6 Å². The second-order valence-corrected chi connectivity index (χ2v) is 7.70. The minimum atomic E-state index is 0.818. The molecule has 1 aromatic heterocycles. The van der Waals surface area contributed by atoms with Crippen LogP contribution in [-0.4, -0.2) is 44.3 Å². The van der Waals surface area contributed by atoms with Gasteiger partial charge in [0.05, 0.1) is 10.7 Å². The Balaban J connectivity index is 1.53. The molecule has 1 heterocycles. The number of ether oxygens (including phenoxy) is 1. The lowest BCUT2D eigenvalue weighted by atomic mass is 10.0. The average Bonchev–Trinajstić information content (AvgIpc) is 3.05. The molecule has 0 saturated heterocycles. The van der Waals surface area contributed by atoms with E-state index in [4.69, 9.17) is 9.72 Å². The molecule has 0 atom stereocenters. The SMILES string of the molecule is CCCCOCCCNC(=NC)NCCCc1nc2c(s1)CCCC2. The standard InChI is InChI=1S/C19H34N4OS/c1-3-4-14-24-15-8-13-22-19(20-2)21-12-7-11-18-23-16-9-5-6-10-17(16)25-18/h3-15H2,1-2H3,(H2,20,21,22). The number of hydrogen-bond acceptors (Lipinski definition) is 4. The van der Waals surface area contributed by atoms with Crippen LogP contribution >= 0.6 is 11.3 Å². The van der Waals surface area contributed by atoms with Crippen LogP contribution in [-0.2, 0) is 24.0 Å². The van der Waals surface area contributed by atoms with Gasteiger partial charge >= 0.3 is 0 Å². The first-order valence-corrected chi connectivity index (χ1v) is 10.6. The molecule has 5 nitrogen and oxygen atoms in total. The van der Waals surface area contributed by atoms with Gasteiger partial charge in [0.1, 0.15) is 0 Å². The molecule has 0 fully saturated rings. The summed E-state index contributed by atoms with van der Waals surface area (Å²) in [6, 6.07) is 0. The zero-order valence-corrected chi connectivity index (χ0v) is 16.7. The minimum absolute atomic E-state index is 0.818. The van der Waals surface area contributed by atoms with Gasteiger partial charge in [-0.15, -0.1) is 11.3 Å². The van der Waals surface area contributed by atoms with E-state index in [1.165, 1.54) is 47.7 Å². The van der Waals surface area contributed by atoms with E-state index in [0.29, 0.717) is 0 Å². The Labute approximate surface area is 156 Å². The predicted octanol–water partition coefficient (Wildman–Crippen LogP) is 3.33. The first-order valence-electron chi connectivity index (χ1n) is 9.83. The van der Waals surface area contributed by atoms with Crippen LogP contribution in [0.3, 0.4) is 0 Å². The van der Waals surface area contributed by atoms with Gasteiger partial charge in [0.15, 0.2) is 5.96 Å². The Morgan fingerprint density at radius 1 is 1.12 bits per heavy atom. The number of unbranched alkanes of at least 4 members (excludes halogenated alkanes) is 1. The molecule has 6 heteroatoms. The predicted molar refractivity (Wildman–Crippen MR) is 107 cm³/mol. The fourth-order valence-corrected chi connectivity index (χ4v) is 4.11. The summed E-state index contributed by atoms with van der Waals surface area (Å²) in [5, 5.41) is 8.04. The fraction of sp³-hybridized carbons (Fsp3) is 0.789. The molecule has 1 aliphatic rings. The highest BCUT2D eigenvalue weighted by Crippen LogP contribution is 2.27. The van der Waals surface area contributed by atoms with Gasteiger partial charge in [0.25, 0.3) is 0 Å². The van der Waals surface area contributed by atoms with Gasteiger partial charge in [-0.2, -0.15) is 0 Å². The van der Waals surface area contributed by atoms with E-state index in [-0.39, 0.29) is 0 Å². The number of rotatable bonds is 11. The van der Waals surface area contributed by atoms with E-state index < -0.39 is 0 Å². The maximum atomic E-state index is 5.57. The van der Waals surface area contributed by atoms with E-state index in [1.807, 2.05) is 18.4 Å². The van der Waals surface area contributed by atoms with Gasteiger partial charge in [-0.3, -0.25) is 4.99 Å². The molecule has 0 aromatic carbocycles. The van der Waals surface area contributed by atoms with E-state index in [0.717, 1.165) is 57.9 Å². The van der Waals surface area contributed by atoms with E-state index >= 15 is 0 Å². The van der Waals surface area contributed by atoms with Crippen molar-refractivity contribution in [3.63, 3.8) is 0 Å². The van der Waals surface area contributed by atoms with Gasteiger partial charge in [-0.1, -0.05) is 13.3 Å². The number of aryl methyl sites for hydroxylation is 3. The van der Waals surface area contributed by atoms with Crippen molar-refractivity contribution in [1.82, 2.24) is 15.6 Å². The summed E-state index contributed by atoms with van der Waals surface area (Å²) in [5.74, 6) is 0.881. The van der Waals surface area contributed by atoms with Crippen LogP contribution in [0.4, 0.5) is 0 Å². The molecule has 0 spiro atoms. The first-order chi connectivity index (χ1) is 12.3. The number of hydrogen-bond donors (Lipinski definition) is 2. The highest BCUT2D eigenvalue weighted by atomic mass is 32.1. The van der Waals surface area contributed by atoms with Crippen molar-refractivity contribution in [1.29, 1.82) is 0 Å². The highest BCUT2D eigenvalue weighted by Gasteiger charge is 2.14. The zero-order chi connectivity index (χ0) is 17.7. The lowest BCUT2D eigenvalue weighted by molar-refractivity contribution is 0.129. The number of aliphatic imine (C=N–C) groups is 1. The first kappa shape index (κ1) is 20.2. The smallest absolute Gasteiger partial charge is 0.190 e. The van der Waals surface area contributed by atoms with Crippen molar-refractivity contribution < 1.29 is 4.74 Å². The van der Waals surface area contributed by atoms with Crippen LogP contribution in [0.1, 0.15) is 61.0 Å². The number of nitrogens with one attached hydrogen (secondary N) is 2. The van der Waals surface area contributed by atoms with Crippen LogP contribution in [0.2, 0.25) is 0 Å². The van der Waals surface area contributed by atoms with Gasteiger partial charge < -0.3 is 15.4 Å². The summed E-state index contributed by atoms with van der Waals surface area (Å²) in [7, 11) is 1.82. The second kappa shape index (κ2) is 12.3. The van der Waals surface area contributed by atoms with Crippen LogP contribution in [0, 0.1) is 0 Å². The molecule has 0 saturated carbocycles. The Kier molecular flexibility index (Phi) is 9.89. The normalized spacial score (nSPS) is 14.4. The quantitative estimate of drug-likeness (QED) is 0.358. The largest absolute Gasteiger partial charge is 0.381 e.